The maximum absolute atomic E-state index is 9.81. The highest BCUT2D eigenvalue weighted by Gasteiger charge is 2.19. The van der Waals surface area contributed by atoms with E-state index in [0.29, 0.717) is 25.0 Å². The molecule has 0 bridgehead atoms. The minimum absolute atomic E-state index is 0.278. The normalized spacial score (nSPS) is 18.2. The SMILES string of the molecule is CC(C)Cc1cc(CNc2nccc(N3CCCC(O)C3)n2)no1. The topological polar surface area (TPSA) is 87.3 Å². The lowest BCUT2D eigenvalue weighted by atomic mass is 10.1. The fraction of sp³-hybridized carbons (Fsp3) is 0.588. The van der Waals surface area contributed by atoms with Gasteiger partial charge in [0.05, 0.1) is 12.6 Å². The molecule has 0 aromatic carbocycles. The molecule has 7 nitrogen and oxygen atoms in total. The third kappa shape index (κ3) is 4.44. The average Bonchev–Trinajstić information content (AvgIpc) is 3.00. The van der Waals surface area contributed by atoms with Crippen LogP contribution in [0, 0.1) is 5.92 Å². The van der Waals surface area contributed by atoms with Gasteiger partial charge in [0.25, 0.3) is 0 Å². The second kappa shape index (κ2) is 7.61. The van der Waals surface area contributed by atoms with E-state index in [1.165, 1.54) is 0 Å². The summed E-state index contributed by atoms with van der Waals surface area (Å²) >= 11 is 0. The summed E-state index contributed by atoms with van der Waals surface area (Å²) in [5.41, 5.74) is 0.841. The van der Waals surface area contributed by atoms with E-state index < -0.39 is 0 Å². The Hall–Kier alpha value is -2.15. The predicted molar refractivity (Wildman–Crippen MR) is 91.9 cm³/mol. The standard InChI is InChI=1S/C17H25N5O2/c1-12(2)8-15-9-13(21-24-15)10-19-17-18-6-5-16(20-17)22-7-3-4-14(23)11-22/h5-6,9,12,14,23H,3-4,7-8,10-11H2,1-2H3,(H,18,19,20). The summed E-state index contributed by atoms with van der Waals surface area (Å²) in [6.45, 7) is 6.36. The Labute approximate surface area is 142 Å². The molecular weight excluding hydrogens is 306 g/mol. The summed E-state index contributed by atoms with van der Waals surface area (Å²) in [6.07, 6.45) is 4.18. The fourth-order valence-corrected chi connectivity index (χ4v) is 2.88. The number of aromatic nitrogens is 3. The van der Waals surface area contributed by atoms with Crippen molar-refractivity contribution in [3.8, 4) is 0 Å². The van der Waals surface area contributed by atoms with E-state index in [4.69, 9.17) is 4.52 Å². The van der Waals surface area contributed by atoms with E-state index in [9.17, 15) is 5.11 Å². The third-order valence-electron chi connectivity index (χ3n) is 4.01. The number of nitrogens with zero attached hydrogens (tertiary/aromatic N) is 4. The molecule has 24 heavy (non-hydrogen) atoms. The zero-order chi connectivity index (χ0) is 16.9. The Bertz CT molecular complexity index is 658. The highest BCUT2D eigenvalue weighted by molar-refractivity contribution is 5.43. The monoisotopic (exact) mass is 331 g/mol. The van der Waals surface area contributed by atoms with Crippen LogP contribution in [-0.2, 0) is 13.0 Å². The Balaban J connectivity index is 1.59. The summed E-state index contributed by atoms with van der Waals surface area (Å²) in [6, 6.07) is 3.85. The van der Waals surface area contributed by atoms with Gasteiger partial charge in [-0.15, -0.1) is 0 Å². The molecule has 1 atom stereocenters. The van der Waals surface area contributed by atoms with E-state index in [1.807, 2.05) is 12.1 Å². The number of aliphatic hydroxyl groups is 1. The molecule has 1 unspecified atom stereocenters. The molecule has 0 radical (unpaired) electrons. The van der Waals surface area contributed by atoms with Crippen molar-refractivity contribution in [1.82, 2.24) is 15.1 Å². The average molecular weight is 331 g/mol. The molecular formula is C17H25N5O2. The minimum atomic E-state index is -0.278. The van der Waals surface area contributed by atoms with Crippen LogP contribution in [0.5, 0.6) is 0 Å². The van der Waals surface area contributed by atoms with Gasteiger partial charge in [-0.05, 0) is 24.8 Å². The molecule has 0 amide bonds. The van der Waals surface area contributed by atoms with Crippen molar-refractivity contribution in [3.63, 3.8) is 0 Å². The molecule has 2 aromatic heterocycles. The van der Waals surface area contributed by atoms with Crippen molar-refractivity contribution in [2.75, 3.05) is 23.3 Å². The van der Waals surface area contributed by atoms with Gasteiger partial charge in [0.1, 0.15) is 17.3 Å². The second-order valence-electron chi connectivity index (χ2n) is 6.72. The van der Waals surface area contributed by atoms with Crippen LogP contribution in [0.15, 0.2) is 22.9 Å². The molecule has 1 aliphatic rings. The number of nitrogens with one attached hydrogen (secondary N) is 1. The number of hydrogen-bond donors (Lipinski definition) is 2. The van der Waals surface area contributed by atoms with E-state index >= 15 is 0 Å². The number of anilines is 2. The zero-order valence-electron chi connectivity index (χ0n) is 14.3. The Morgan fingerprint density at radius 1 is 1.46 bits per heavy atom. The highest BCUT2D eigenvalue weighted by atomic mass is 16.5. The smallest absolute Gasteiger partial charge is 0.224 e. The Kier molecular flexibility index (Phi) is 5.30. The van der Waals surface area contributed by atoms with Gasteiger partial charge < -0.3 is 19.8 Å². The highest BCUT2D eigenvalue weighted by Crippen LogP contribution is 2.19. The van der Waals surface area contributed by atoms with Gasteiger partial charge in [0.15, 0.2) is 0 Å². The fourth-order valence-electron chi connectivity index (χ4n) is 2.88. The van der Waals surface area contributed by atoms with Crippen LogP contribution < -0.4 is 10.2 Å². The summed E-state index contributed by atoms with van der Waals surface area (Å²) < 4.78 is 5.33. The molecule has 0 spiro atoms. The summed E-state index contributed by atoms with van der Waals surface area (Å²) in [4.78, 5) is 10.9. The first kappa shape index (κ1) is 16.7. The molecule has 2 N–H and O–H groups in total. The van der Waals surface area contributed by atoms with Crippen LogP contribution in [0.3, 0.4) is 0 Å². The lowest BCUT2D eigenvalue weighted by Crippen LogP contribution is -2.38. The van der Waals surface area contributed by atoms with Crippen LogP contribution in [0.4, 0.5) is 11.8 Å². The van der Waals surface area contributed by atoms with Gasteiger partial charge >= 0.3 is 0 Å². The van der Waals surface area contributed by atoms with Crippen molar-refractivity contribution < 1.29 is 9.63 Å². The van der Waals surface area contributed by atoms with Crippen molar-refractivity contribution in [1.29, 1.82) is 0 Å². The number of hydrogen-bond acceptors (Lipinski definition) is 7. The van der Waals surface area contributed by atoms with Crippen molar-refractivity contribution in [2.24, 2.45) is 5.92 Å². The third-order valence-corrected chi connectivity index (χ3v) is 4.01. The number of piperidine rings is 1. The van der Waals surface area contributed by atoms with Gasteiger partial charge in [-0.25, -0.2) is 4.98 Å². The number of aliphatic hydroxyl groups excluding tert-OH is 1. The lowest BCUT2D eigenvalue weighted by Gasteiger charge is -2.31. The zero-order valence-corrected chi connectivity index (χ0v) is 14.3. The van der Waals surface area contributed by atoms with Crippen LogP contribution >= 0.6 is 0 Å². The molecule has 1 aliphatic heterocycles. The van der Waals surface area contributed by atoms with Crippen molar-refractivity contribution in [2.45, 2.75) is 45.8 Å². The molecule has 1 fully saturated rings. The van der Waals surface area contributed by atoms with Gasteiger partial charge in [0, 0.05) is 31.8 Å². The Morgan fingerprint density at radius 2 is 2.33 bits per heavy atom. The van der Waals surface area contributed by atoms with Crippen molar-refractivity contribution >= 4 is 11.8 Å². The summed E-state index contributed by atoms with van der Waals surface area (Å²) in [5.74, 6) is 2.84. The molecule has 1 saturated heterocycles. The van der Waals surface area contributed by atoms with Crippen LogP contribution in [-0.4, -0.2) is 39.4 Å². The minimum Gasteiger partial charge on any atom is -0.391 e. The van der Waals surface area contributed by atoms with Gasteiger partial charge in [-0.1, -0.05) is 19.0 Å². The molecule has 7 heteroatoms. The van der Waals surface area contributed by atoms with Crippen LogP contribution in [0.2, 0.25) is 0 Å². The lowest BCUT2D eigenvalue weighted by molar-refractivity contribution is 0.154. The van der Waals surface area contributed by atoms with E-state index in [1.54, 1.807) is 6.20 Å². The second-order valence-corrected chi connectivity index (χ2v) is 6.72. The number of rotatable bonds is 6. The van der Waals surface area contributed by atoms with Crippen LogP contribution in [0.25, 0.3) is 0 Å². The van der Waals surface area contributed by atoms with E-state index in [-0.39, 0.29) is 6.10 Å². The van der Waals surface area contributed by atoms with Crippen molar-refractivity contribution in [3.05, 3.63) is 29.8 Å². The summed E-state index contributed by atoms with van der Waals surface area (Å²) in [5, 5.41) is 17.1. The summed E-state index contributed by atoms with van der Waals surface area (Å²) in [7, 11) is 0. The van der Waals surface area contributed by atoms with Gasteiger partial charge in [0.2, 0.25) is 5.95 Å². The maximum Gasteiger partial charge on any atom is 0.224 e. The molecule has 0 aliphatic carbocycles. The number of β-amino-alcohol motifs (C(OH)–C–C–N with tert-alkyl or cyclic N) is 1. The maximum atomic E-state index is 9.81. The van der Waals surface area contributed by atoms with Gasteiger partial charge in [-0.3, -0.25) is 0 Å². The van der Waals surface area contributed by atoms with Crippen LogP contribution in [0.1, 0.15) is 38.1 Å². The van der Waals surface area contributed by atoms with E-state index in [2.05, 4.69) is 39.2 Å². The molecule has 0 saturated carbocycles. The Morgan fingerprint density at radius 3 is 3.12 bits per heavy atom. The first-order chi connectivity index (χ1) is 11.6. The quantitative estimate of drug-likeness (QED) is 0.839. The molecule has 130 valence electrons. The predicted octanol–water partition coefficient (Wildman–Crippen LogP) is 2.24. The first-order valence-electron chi connectivity index (χ1n) is 8.54. The largest absolute Gasteiger partial charge is 0.391 e. The van der Waals surface area contributed by atoms with E-state index in [0.717, 1.165) is 43.1 Å². The van der Waals surface area contributed by atoms with Gasteiger partial charge in [-0.2, -0.15) is 4.98 Å². The molecule has 3 rings (SSSR count). The molecule has 2 aromatic rings. The molecule has 3 heterocycles. The first-order valence-corrected chi connectivity index (χ1v) is 8.54.